The van der Waals surface area contributed by atoms with Gasteiger partial charge in [-0.15, -0.1) is 0 Å². The highest BCUT2D eigenvalue weighted by Gasteiger charge is 2.63. The van der Waals surface area contributed by atoms with Gasteiger partial charge in [0.05, 0.1) is 5.69 Å². The van der Waals surface area contributed by atoms with Gasteiger partial charge in [-0.3, -0.25) is 4.79 Å². The Morgan fingerprint density at radius 1 is 1.30 bits per heavy atom. The normalized spacial score (nSPS) is 25.6. The number of nitrogens with zero attached hydrogens (tertiary/aromatic N) is 2. The fourth-order valence-corrected chi connectivity index (χ4v) is 5.74. The van der Waals surface area contributed by atoms with Crippen molar-refractivity contribution in [2.24, 2.45) is 5.73 Å². The van der Waals surface area contributed by atoms with Crippen molar-refractivity contribution in [2.45, 2.75) is 51.0 Å². The highest BCUT2D eigenvalue weighted by Crippen LogP contribution is 2.61. The first kappa shape index (κ1) is 18.6. The third-order valence-corrected chi connectivity index (χ3v) is 6.80. The number of aromatic hydroxyl groups is 1. The van der Waals surface area contributed by atoms with Crippen molar-refractivity contribution in [3.05, 3.63) is 64.0 Å². The molecule has 0 saturated carbocycles. The maximum atomic E-state index is 14.4. The highest BCUT2D eigenvalue weighted by molar-refractivity contribution is 6.16. The number of fused-ring (bicyclic) bond motifs is 3. The highest BCUT2D eigenvalue weighted by atomic mass is 16.5. The summed E-state index contributed by atoms with van der Waals surface area (Å²) in [5.74, 6) is 0.261. The Morgan fingerprint density at radius 3 is 2.73 bits per heavy atom. The summed E-state index contributed by atoms with van der Waals surface area (Å²) in [5.41, 5.74) is 8.69. The second kappa shape index (κ2) is 5.57. The van der Waals surface area contributed by atoms with E-state index < -0.39 is 11.0 Å². The predicted octanol–water partition coefficient (Wildman–Crippen LogP) is 3.71. The lowest BCUT2D eigenvalue weighted by Gasteiger charge is -2.44. The lowest BCUT2D eigenvalue weighted by atomic mass is 9.67. The minimum atomic E-state index is -1.39. The molecule has 30 heavy (non-hydrogen) atoms. The molecule has 3 heterocycles. The molecule has 3 N–H and O–H groups in total. The van der Waals surface area contributed by atoms with Gasteiger partial charge in [0.1, 0.15) is 28.6 Å². The van der Waals surface area contributed by atoms with Crippen LogP contribution in [-0.2, 0) is 10.2 Å². The van der Waals surface area contributed by atoms with E-state index in [1.165, 1.54) is 12.1 Å². The number of phenolic OH excluding ortho intramolecular Hbond substituents is 1. The third-order valence-electron chi connectivity index (χ3n) is 6.80. The number of amides is 1. The molecule has 6 nitrogen and oxygen atoms in total. The van der Waals surface area contributed by atoms with E-state index >= 15 is 0 Å². The van der Waals surface area contributed by atoms with Gasteiger partial charge in [0, 0.05) is 22.7 Å². The van der Waals surface area contributed by atoms with Crippen LogP contribution in [0, 0.1) is 18.3 Å². The quantitative estimate of drug-likeness (QED) is 0.701. The number of nitrogens with two attached hydrogens (primary N) is 1. The molecule has 0 bridgehead atoms. The zero-order chi connectivity index (χ0) is 21.6. The monoisotopic (exact) mass is 401 g/mol. The maximum absolute atomic E-state index is 14.4. The van der Waals surface area contributed by atoms with Gasteiger partial charge in [0.2, 0.25) is 11.8 Å². The van der Waals surface area contributed by atoms with E-state index in [0.717, 1.165) is 28.8 Å². The summed E-state index contributed by atoms with van der Waals surface area (Å²) in [6.07, 6.45) is 0.810. The van der Waals surface area contributed by atoms with Gasteiger partial charge in [0.25, 0.3) is 0 Å². The number of nitriles is 1. The van der Waals surface area contributed by atoms with Crippen LogP contribution in [0.2, 0.25) is 0 Å². The minimum absolute atomic E-state index is 0.00312. The number of aryl methyl sites for hydroxylation is 1. The molecule has 0 radical (unpaired) electrons. The van der Waals surface area contributed by atoms with Crippen LogP contribution < -0.4 is 15.4 Å². The summed E-state index contributed by atoms with van der Waals surface area (Å²) in [7, 11) is 0. The summed E-state index contributed by atoms with van der Waals surface area (Å²) in [6, 6.07) is 10.9. The zero-order valence-electron chi connectivity index (χ0n) is 17.4. The zero-order valence-corrected chi connectivity index (χ0v) is 17.4. The van der Waals surface area contributed by atoms with Crippen LogP contribution in [0.5, 0.6) is 11.5 Å². The Bertz CT molecular complexity index is 1220. The van der Waals surface area contributed by atoms with Crippen molar-refractivity contribution in [3.63, 3.8) is 0 Å². The van der Waals surface area contributed by atoms with Gasteiger partial charge in [-0.25, -0.2) is 0 Å². The lowest BCUT2D eigenvalue weighted by Crippen LogP contribution is -2.54. The van der Waals surface area contributed by atoms with Crippen molar-refractivity contribution in [2.75, 3.05) is 4.90 Å². The van der Waals surface area contributed by atoms with Crippen molar-refractivity contribution >= 4 is 11.6 Å². The molecule has 152 valence electrons. The van der Waals surface area contributed by atoms with E-state index in [1.54, 1.807) is 6.07 Å². The minimum Gasteiger partial charge on any atom is -0.508 e. The molecule has 0 aliphatic carbocycles. The van der Waals surface area contributed by atoms with Crippen LogP contribution in [0.15, 0.2) is 41.8 Å². The number of carbonyl (C=O) groups excluding carboxylic acids is 1. The molecule has 3 aliphatic rings. The predicted molar refractivity (Wildman–Crippen MR) is 112 cm³/mol. The number of hydrogen-bond donors (Lipinski definition) is 2. The first-order chi connectivity index (χ1) is 14.1. The van der Waals surface area contributed by atoms with Gasteiger partial charge >= 0.3 is 0 Å². The van der Waals surface area contributed by atoms with Crippen LogP contribution in [0.4, 0.5) is 5.69 Å². The Balaban J connectivity index is 1.99. The van der Waals surface area contributed by atoms with Gasteiger partial charge in [0.15, 0.2) is 0 Å². The second-order valence-corrected chi connectivity index (χ2v) is 9.14. The number of rotatable bonds is 0. The number of carbonyl (C=O) groups is 1. The Kier molecular flexibility index (Phi) is 3.45. The van der Waals surface area contributed by atoms with E-state index in [1.807, 2.05) is 17.9 Å². The van der Waals surface area contributed by atoms with E-state index in [0.29, 0.717) is 11.3 Å². The molecule has 0 aromatic heterocycles. The number of benzene rings is 2. The van der Waals surface area contributed by atoms with Crippen LogP contribution >= 0.6 is 0 Å². The Morgan fingerprint density at radius 2 is 2.03 bits per heavy atom. The van der Waals surface area contributed by atoms with Crippen LogP contribution in [0.3, 0.4) is 0 Å². The van der Waals surface area contributed by atoms with Crippen LogP contribution in [0.25, 0.3) is 0 Å². The van der Waals surface area contributed by atoms with Gasteiger partial charge in [-0.2, -0.15) is 5.26 Å². The molecule has 0 saturated heterocycles. The molecule has 0 unspecified atom stereocenters. The first-order valence-electron chi connectivity index (χ1n) is 10.0. The van der Waals surface area contributed by atoms with Crippen molar-refractivity contribution in [1.29, 1.82) is 5.26 Å². The fraction of sp³-hybridized carbons (Fsp3) is 0.333. The molecule has 2 atom stereocenters. The molecule has 5 rings (SSSR count). The van der Waals surface area contributed by atoms with E-state index in [9.17, 15) is 15.2 Å². The molecular formula is C24H23N3O3. The summed E-state index contributed by atoms with van der Waals surface area (Å²) in [6.45, 7) is 8.25. The third kappa shape index (κ3) is 1.95. The molecular weight excluding hydrogens is 378 g/mol. The molecule has 1 spiro atoms. The van der Waals surface area contributed by atoms with Crippen molar-refractivity contribution in [1.82, 2.24) is 0 Å². The summed E-state index contributed by atoms with van der Waals surface area (Å²) in [5, 5.41) is 20.2. The SMILES string of the molecule is Cc1ccc2c3c1[C@@]1(C(=O)N3C(C)(C)C[C@H]2C)C(C#N)=C(N)Oc2cc(O)ccc21. The topological polar surface area (TPSA) is 99.6 Å². The number of anilines is 1. The summed E-state index contributed by atoms with van der Waals surface area (Å²) >= 11 is 0. The largest absolute Gasteiger partial charge is 0.508 e. The maximum Gasteiger partial charge on any atom is 0.248 e. The smallest absolute Gasteiger partial charge is 0.248 e. The summed E-state index contributed by atoms with van der Waals surface area (Å²) in [4.78, 5) is 16.2. The average molecular weight is 401 g/mol. The van der Waals surface area contributed by atoms with Crippen LogP contribution in [0.1, 0.15) is 55.4 Å². The first-order valence-corrected chi connectivity index (χ1v) is 10.0. The lowest BCUT2D eigenvalue weighted by molar-refractivity contribution is -0.122. The van der Waals surface area contributed by atoms with Crippen LogP contribution in [-0.4, -0.2) is 16.6 Å². The second-order valence-electron chi connectivity index (χ2n) is 9.14. The molecule has 2 aromatic rings. The number of hydrogen-bond acceptors (Lipinski definition) is 5. The van der Waals surface area contributed by atoms with E-state index in [2.05, 4.69) is 32.9 Å². The Hall–Kier alpha value is -3.46. The van der Waals surface area contributed by atoms with Gasteiger partial charge in [-0.05, 0) is 56.4 Å². The fourth-order valence-electron chi connectivity index (χ4n) is 5.74. The molecule has 0 fully saturated rings. The number of ether oxygens (including phenoxy) is 1. The molecule has 3 aliphatic heterocycles. The molecule has 2 aromatic carbocycles. The standard InChI is InChI=1S/C24H23N3O3/c1-12-5-7-15-13(2)10-23(3,4)27-20(15)19(12)24(22(27)29)16-8-6-14(28)9-18(16)30-21(26)17(24)11-25/h5-9,13,28H,10,26H2,1-4H3/t13-,24+/m1/s1. The van der Waals surface area contributed by atoms with Gasteiger partial charge in [-0.1, -0.05) is 19.1 Å². The number of phenols is 1. The summed E-state index contributed by atoms with van der Waals surface area (Å²) < 4.78 is 5.70. The molecule has 6 heteroatoms. The molecule has 1 amide bonds. The van der Waals surface area contributed by atoms with Crippen molar-refractivity contribution in [3.8, 4) is 17.6 Å². The average Bonchev–Trinajstić information content (AvgIpc) is 2.92. The van der Waals surface area contributed by atoms with Gasteiger partial charge < -0.3 is 20.5 Å². The van der Waals surface area contributed by atoms with E-state index in [-0.39, 0.29) is 29.0 Å². The van der Waals surface area contributed by atoms with Crippen molar-refractivity contribution < 1.29 is 14.6 Å². The van der Waals surface area contributed by atoms with E-state index in [4.69, 9.17) is 10.5 Å². The Labute approximate surface area is 175 Å².